The number of carboxylic acids is 1. The molecule has 0 radical (unpaired) electrons. The third-order valence-corrected chi connectivity index (χ3v) is 4.00. The molecule has 0 aliphatic heterocycles. The van der Waals surface area contributed by atoms with Crippen LogP contribution >= 0.6 is 0 Å². The van der Waals surface area contributed by atoms with E-state index in [-0.39, 0.29) is 18.9 Å². The quantitative estimate of drug-likeness (QED) is 0.429. The molecule has 0 saturated heterocycles. The van der Waals surface area contributed by atoms with Gasteiger partial charge in [-0.3, -0.25) is 10.2 Å². The zero-order valence-electron chi connectivity index (χ0n) is 14.8. The Labute approximate surface area is 160 Å². The van der Waals surface area contributed by atoms with Gasteiger partial charge in [0.25, 0.3) is 0 Å². The maximum atomic E-state index is 12.2. The van der Waals surface area contributed by atoms with Gasteiger partial charge >= 0.3 is 11.9 Å². The van der Waals surface area contributed by atoms with Gasteiger partial charge in [-0.1, -0.05) is 54.6 Å². The van der Waals surface area contributed by atoms with Gasteiger partial charge in [0.05, 0.1) is 6.54 Å². The van der Waals surface area contributed by atoms with Crippen molar-refractivity contribution < 1.29 is 19.8 Å². The summed E-state index contributed by atoms with van der Waals surface area (Å²) in [6, 6.07) is 17.5. The Bertz CT molecular complexity index is 913. The molecule has 144 valence electrons. The number of aliphatic hydroxyl groups excluding tert-OH is 1. The maximum Gasteiger partial charge on any atom is 0.333 e. The van der Waals surface area contributed by atoms with E-state index in [0.717, 1.165) is 16.7 Å². The van der Waals surface area contributed by atoms with Crippen LogP contribution in [0.15, 0.2) is 60.9 Å². The van der Waals surface area contributed by atoms with E-state index in [2.05, 4.69) is 20.6 Å². The first-order valence-electron chi connectivity index (χ1n) is 8.50. The molecule has 28 heavy (non-hydrogen) atoms. The number of rotatable bonds is 8. The number of nitrogens with zero attached hydrogens (tertiary/aromatic N) is 3. The van der Waals surface area contributed by atoms with Crippen molar-refractivity contribution in [1.29, 1.82) is 0 Å². The van der Waals surface area contributed by atoms with Crippen molar-refractivity contribution in [2.45, 2.75) is 12.6 Å². The van der Waals surface area contributed by atoms with Crippen molar-refractivity contribution in [2.24, 2.45) is 0 Å². The van der Waals surface area contributed by atoms with Crippen LogP contribution in [0.2, 0.25) is 0 Å². The molecule has 0 bridgehead atoms. The number of amides is 1. The Balaban J connectivity index is 1.72. The fraction of sp³-hybridized carbons (Fsp3) is 0.158. The van der Waals surface area contributed by atoms with Crippen LogP contribution in [0.4, 0.5) is 0 Å². The zero-order chi connectivity index (χ0) is 19.9. The molecule has 0 aliphatic carbocycles. The number of benzene rings is 2. The highest BCUT2D eigenvalue weighted by Crippen LogP contribution is 2.19. The predicted octanol–water partition coefficient (Wildman–Crippen LogP) is 1.06. The summed E-state index contributed by atoms with van der Waals surface area (Å²) in [4.78, 5) is 25.7. The lowest BCUT2D eigenvalue weighted by atomic mass is 10.0. The number of aliphatic hydroxyl groups is 1. The highest BCUT2D eigenvalue weighted by Gasteiger charge is 2.21. The van der Waals surface area contributed by atoms with Gasteiger partial charge in [0.2, 0.25) is 5.82 Å². The highest BCUT2D eigenvalue weighted by molar-refractivity contribution is 5.89. The summed E-state index contributed by atoms with van der Waals surface area (Å²) in [6.45, 7) is -0.102. The third-order valence-electron chi connectivity index (χ3n) is 4.00. The third kappa shape index (κ3) is 5.00. The topological polar surface area (TPSA) is 131 Å². The van der Waals surface area contributed by atoms with Gasteiger partial charge in [-0.2, -0.15) is 0 Å². The summed E-state index contributed by atoms with van der Waals surface area (Å²) in [5.41, 5.74) is 5.48. The molecular weight excluding hydrogens is 362 g/mol. The zero-order valence-corrected chi connectivity index (χ0v) is 14.8. The highest BCUT2D eigenvalue weighted by atomic mass is 16.4. The second-order valence-corrected chi connectivity index (χ2v) is 6.08. The number of aromatic amines is 1. The summed E-state index contributed by atoms with van der Waals surface area (Å²) < 4.78 is 0. The molecule has 2 aromatic carbocycles. The molecule has 3 rings (SSSR count). The number of carboxylic acid groups (broad SMARTS) is 1. The first kappa shape index (κ1) is 19.2. The van der Waals surface area contributed by atoms with Crippen LogP contribution in [0, 0.1) is 0 Å². The minimum atomic E-state index is -1.65. The van der Waals surface area contributed by atoms with Crippen LogP contribution in [0.3, 0.4) is 0 Å². The number of aliphatic carboxylic acids is 1. The van der Waals surface area contributed by atoms with Gasteiger partial charge in [0.15, 0.2) is 6.10 Å². The molecule has 1 atom stereocenters. The lowest BCUT2D eigenvalue weighted by Crippen LogP contribution is -2.47. The summed E-state index contributed by atoms with van der Waals surface area (Å²) in [7, 11) is 0. The molecule has 4 N–H and O–H groups in total. The van der Waals surface area contributed by atoms with E-state index in [9.17, 15) is 14.7 Å². The molecule has 1 amide bonds. The molecule has 3 aromatic rings. The van der Waals surface area contributed by atoms with E-state index in [4.69, 9.17) is 5.11 Å². The van der Waals surface area contributed by atoms with E-state index in [1.165, 1.54) is 11.3 Å². The van der Waals surface area contributed by atoms with Crippen LogP contribution in [0.1, 0.15) is 16.2 Å². The Kier molecular flexibility index (Phi) is 6.10. The summed E-state index contributed by atoms with van der Waals surface area (Å²) in [5.74, 6) is -1.98. The lowest BCUT2D eigenvalue weighted by molar-refractivity contribution is -0.148. The normalized spacial score (nSPS) is 11.9. The minimum Gasteiger partial charge on any atom is -0.479 e. The van der Waals surface area contributed by atoms with Crippen LogP contribution in [-0.4, -0.2) is 54.9 Å². The van der Waals surface area contributed by atoms with Crippen molar-refractivity contribution in [3.05, 3.63) is 72.3 Å². The standard InChI is InChI=1S/C19H19N5O4/c25-16(19(27)28)11-24(23-18(26)17-20-12-21-22-17)10-13-6-8-15(9-7-13)14-4-2-1-3-5-14/h1-9,12,16,25H,10-11H2,(H,23,26)(H,27,28)(H,20,21,22)/t16-/m0/s1. The number of aromatic nitrogens is 3. The monoisotopic (exact) mass is 381 g/mol. The van der Waals surface area contributed by atoms with Gasteiger partial charge in [0.1, 0.15) is 6.33 Å². The number of carbonyl (C=O) groups is 2. The van der Waals surface area contributed by atoms with E-state index in [0.29, 0.717) is 0 Å². The predicted molar refractivity (Wildman–Crippen MR) is 99.8 cm³/mol. The van der Waals surface area contributed by atoms with Crippen molar-refractivity contribution in [3.8, 4) is 11.1 Å². The first-order chi connectivity index (χ1) is 13.5. The van der Waals surface area contributed by atoms with E-state index < -0.39 is 18.0 Å². The van der Waals surface area contributed by atoms with E-state index >= 15 is 0 Å². The number of nitrogens with one attached hydrogen (secondary N) is 2. The van der Waals surface area contributed by atoms with Gasteiger partial charge in [0, 0.05) is 6.54 Å². The number of H-pyrrole nitrogens is 1. The number of hydrogen-bond donors (Lipinski definition) is 4. The van der Waals surface area contributed by atoms with Crippen LogP contribution < -0.4 is 5.43 Å². The van der Waals surface area contributed by atoms with Crippen molar-refractivity contribution in [2.75, 3.05) is 6.54 Å². The van der Waals surface area contributed by atoms with Crippen molar-refractivity contribution >= 4 is 11.9 Å². The molecule has 0 aliphatic rings. The number of hydrogen-bond acceptors (Lipinski definition) is 6. The van der Waals surface area contributed by atoms with Gasteiger partial charge in [-0.15, -0.1) is 10.2 Å². The SMILES string of the molecule is O=C(NN(Cc1ccc(-c2ccccc2)cc1)C[C@H](O)C(=O)O)c1nnc[nH]1. The Morgan fingerprint density at radius 1 is 1.07 bits per heavy atom. The van der Waals surface area contributed by atoms with E-state index in [1.807, 2.05) is 54.6 Å². The van der Waals surface area contributed by atoms with E-state index in [1.54, 1.807) is 0 Å². The summed E-state index contributed by atoms with van der Waals surface area (Å²) >= 11 is 0. The van der Waals surface area contributed by atoms with Crippen molar-refractivity contribution in [3.63, 3.8) is 0 Å². The summed E-state index contributed by atoms with van der Waals surface area (Å²) in [6.07, 6.45) is -0.396. The summed E-state index contributed by atoms with van der Waals surface area (Å²) in [5, 5.41) is 27.1. The minimum absolute atomic E-state index is 0.0192. The Morgan fingerprint density at radius 2 is 1.75 bits per heavy atom. The van der Waals surface area contributed by atoms with Crippen molar-refractivity contribution in [1.82, 2.24) is 25.6 Å². The molecular formula is C19H19N5O4. The lowest BCUT2D eigenvalue weighted by Gasteiger charge is -2.24. The average molecular weight is 381 g/mol. The van der Waals surface area contributed by atoms with Crippen LogP contribution in [0.25, 0.3) is 11.1 Å². The molecule has 0 spiro atoms. The second-order valence-electron chi connectivity index (χ2n) is 6.08. The molecule has 1 aromatic heterocycles. The molecule has 0 unspecified atom stereocenters. The van der Waals surface area contributed by atoms with Gasteiger partial charge in [-0.05, 0) is 16.7 Å². The van der Waals surface area contributed by atoms with Gasteiger partial charge in [-0.25, -0.2) is 9.80 Å². The maximum absolute atomic E-state index is 12.2. The molecule has 9 nitrogen and oxygen atoms in total. The van der Waals surface area contributed by atoms with Crippen LogP contribution in [0.5, 0.6) is 0 Å². The average Bonchev–Trinajstić information content (AvgIpc) is 3.24. The van der Waals surface area contributed by atoms with Gasteiger partial charge < -0.3 is 15.2 Å². The molecule has 9 heteroatoms. The fourth-order valence-electron chi connectivity index (χ4n) is 2.60. The Hall–Kier alpha value is -3.56. The second kappa shape index (κ2) is 8.89. The first-order valence-corrected chi connectivity index (χ1v) is 8.50. The molecule has 0 fully saturated rings. The molecule has 0 saturated carbocycles. The number of carbonyl (C=O) groups excluding carboxylic acids is 1. The largest absolute Gasteiger partial charge is 0.479 e. The smallest absolute Gasteiger partial charge is 0.333 e. The Morgan fingerprint density at radius 3 is 2.36 bits per heavy atom. The fourth-order valence-corrected chi connectivity index (χ4v) is 2.60. The molecule has 1 heterocycles. The number of hydrazine groups is 1. The van der Waals surface area contributed by atoms with Crippen LogP contribution in [-0.2, 0) is 11.3 Å².